The molecule has 3 aliphatic heterocycles. The number of nitrogens with two attached hydrogens (primary N) is 3. The minimum atomic E-state index is -5.53. The molecule has 38 heteroatoms. The molecule has 14 atom stereocenters. The zero-order valence-corrected chi connectivity index (χ0v) is 36.6. The molecule has 3 fully saturated rings. The number of nitrogens with zero attached hydrogens (tertiary/aromatic N) is 11. The van der Waals surface area contributed by atoms with Crippen molar-refractivity contribution in [1.29, 1.82) is 0 Å². The average molecular weight is 1020 g/mol. The van der Waals surface area contributed by atoms with Gasteiger partial charge in [-0.3, -0.25) is 46.1 Å². The maximum absolute atomic E-state index is 13.7. The molecule has 0 aromatic carbocycles. The zero-order valence-electron chi connectivity index (χ0n) is 33.9. The molecule has 368 valence electrons. The smallest absolute Gasteiger partial charge is 0.387 e. The first-order valence-electron chi connectivity index (χ1n) is 19.4. The predicted molar refractivity (Wildman–Crippen MR) is 217 cm³/mol. The summed E-state index contributed by atoms with van der Waals surface area (Å²) in [7, 11) is -16.2. The van der Waals surface area contributed by atoms with Crippen molar-refractivity contribution in [3.8, 4) is 0 Å². The second-order valence-corrected chi connectivity index (χ2v) is 19.1. The second-order valence-electron chi connectivity index (χ2n) is 15.1. The van der Waals surface area contributed by atoms with Gasteiger partial charge in [0.2, 0.25) is 5.95 Å². The van der Waals surface area contributed by atoms with Crippen LogP contribution in [0.2, 0.25) is 0 Å². The van der Waals surface area contributed by atoms with Crippen molar-refractivity contribution in [3.63, 3.8) is 0 Å². The Balaban J connectivity index is 0.935. The van der Waals surface area contributed by atoms with Gasteiger partial charge >= 0.3 is 23.5 Å². The minimum Gasteiger partial charge on any atom is -0.387 e. The van der Waals surface area contributed by atoms with Gasteiger partial charge in [-0.15, -0.1) is 0 Å². The van der Waals surface area contributed by atoms with Gasteiger partial charge in [0.15, 0.2) is 52.8 Å². The summed E-state index contributed by atoms with van der Waals surface area (Å²) in [6.07, 6.45) is -15.7. The molecule has 0 spiro atoms. The first-order valence-corrected chi connectivity index (χ1v) is 23.9. The van der Waals surface area contributed by atoms with Crippen molar-refractivity contribution in [2.75, 3.05) is 37.0 Å². The standard InChI is InChI=1S/C30H38N15O20P3/c31-21-12-23(36-4-34-21)43(6-38-12)27-16(47)15(46)9(61-27)1-59-67(54,55)65-20-11(63-29(18(20)49)45-8-40-14-25(45)41-30(33)42-26(14)50)3-60-68(56,57)64-19-10(2-58-66(51,52)53)62-28(17(19)48)44-7-39-13-22(32)35-5-37-24(13)44/h4-11,15-20,27-29,46-49H,1-3H2,(H,54,55)(H,56,57)(H2,31,34,36)(H2,32,35,37)(H2,51,52,53)(H3,33,41,42,50)/t9-,10-,11-,15-,16-,17-,18-,19-,20-,27-,28-,29-/m1/s1. The Morgan fingerprint density at radius 1 is 0.574 bits per heavy atom. The third kappa shape index (κ3) is 9.23. The van der Waals surface area contributed by atoms with E-state index in [-0.39, 0.29) is 51.1 Å². The van der Waals surface area contributed by atoms with Crippen LogP contribution in [-0.4, -0.2) is 173 Å². The van der Waals surface area contributed by atoms with Gasteiger partial charge in [-0.2, -0.15) is 4.98 Å². The number of aliphatic hydroxyl groups is 4. The summed E-state index contributed by atoms with van der Waals surface area (Å²) >= 11 is 0. The van der Waals surface area contributed by atoms with Crippen LogP contribution in [-0.2, 0) is 50.5 Å². The van der Waals surface area contributed by atoms with Crippen LogP contribution in [0.15, 0.2) is 36.4 Å². The van der Waals surface area contributed by atoms with Crippen LogP contribution in [0.5, 0.6) is 0 Å². The van der Waals surface area contributed by atoms with Gasteiger partial charge in [0.05, 0.1) is 38.8 Å². The highest BCUT2D eigenvalue weighted by molar-refractivity contribution is 7.47. The van der Waals surface area contributed by atoms with E-state index in [0.29, 0.717) is 0 Å². The number of imidazole rings is 3. The zero-order chi connectivity index (χ0) is 48.6. The summed E-state index contributed by atoms with van der Waals surface area (Å²) in [5.41, 5.74) is 16.4. The molecule has 6 aromatic rings. The molecular formula is C30H38N15O20P3. The fourth-order valence-corrected chi connectivity index (χ4v) is 9.91. The highest BCUT2D eigenvalue weighted by Gasteiger charge is 2.53. The molecule has 0 bridgehead atoms. The molecule has 9 rings (SSSR count). The van der Waals surface area contributed by atoms with Crippen molar-refractivity contribution in [1.82, 2.24) is 58.6 Å². The van der Waals surface area contributed by atoms with E-state index in [0.717, 1.165) is 34.4 Å². The molecule has 35 nitrogen and oxygen atoms in total. The molecule has 9 heterocycles. The van der Waals surface area contributed by atoms with E-state index in [4.69, 9.17) is 49.5 Å². The summed E-state index contributed by atoms with van der Waals surface area (Å²) in [6, 6.07) is 0. The third-order valence-corrected chi connectivity index (χ3v) is 13.2. The van der Waals surface area contributed by atoms with Crippen molar-refractivity contribution in [2.45, 2.75) is 73.6 Å². The monoisotopic (exact) mass is 1020 g/mol. The largest absolute Gasteiger partial charge is 0.472 e. The number of fused-ring (bicyclic) bond motifs is 3. The molecule has 3 saturated heterocycles. The molecule has 15 N–H and O–H groups in total. The van der Waals surface area contributed by atoms with E-state index >= 15 is 0 Å². The van der Waals surface area contributed by atoms with Crippen LogP contribution < -0.4 is 22.8 Å². The summed E-state index contributed by atoms with van der Waals surface area (Å²) in [6.45, 7) is -3.12. The third-order valence-electron chi connectivity index (χ3n) is 10.7. The molecular weight excluding hydrogens is 983 g/mol. The number of nitrogens with one attached hydrogen (secondary N) is 1. The Kier molecular flexibility index (Phi) is 12.7. The quantitative estimate of drug-likeness (QED) is 0.0409. The number of aromatic amines is 1. The predicted octanol–water partition coefficient (Wildman–Crippen LogP) is -4.20. The molecule has 2 unspecified atom stereocenters. The average Bonchev–Trinajstić information content (AvgIpc) is 4.13. The van der Waals surface area contributed by atoms with Crippen molar-refractivity contribution < 1.29 is 90.5 Å². The van der Waals surface area contributed by atoms with Crippen LogP contribution in [0.4, 0.5) is 17.6 Å². The Bertz CT molecular complexity index is 3060. The van der Waals surface area contributed by atoms with E-state index in [2.05, 4.69) is 49.4 Å². The maximum atomic E-state index is 13.7. The molecule has 0 radical (unpaired) electrons. The fraction of sp³-hybridized carbons (Fsp3) is 0.500. The number of aromatic nitrogens is 12. The Morgan fingerprint density at radius 3 is 1.50 bits per heavy atom. The fourth-order valence-electron chi connectivity index (χ4n) is 7.64. The van der Waals surface area contributed by atoms with Crippen molar-refractivity contribution in [2.24, 2.45) is 0 Å². The molecule has 0 saturated carbocycles. The Morgan fingerprint density at radius 2 is 1.00 bits per heavy atom. The molecule has 3 aliphatic rings. The molecule has 6 aromatic heterocycles. The van der Waals surface area contributed by atoms with Crippen molar-refractivity contribution in [3.05, 3.63) is 42.0 Å². The molecule has 0 aliphatic carbocycles. The highest BCUT2D eigenvalue weighted by Crippen LogP contribution is 2.53. The van der Waals surface area contributed by atoms with Gasteiger partial charge in [0.1, 0.15) is 78.6 Å². The first-order chi connectivity index (χ1) is 32.1. The lowest BCUT2D eigenvalue weighted by molar-refractivity contribution is -0.0616. The number of nitrogen functional groups attached to an aromatic ring is 3. The number of ether oxygens (including phenoxy) is 3. The second kappa shape index (κ2) is 18.0. The summed E-state index contributed by atoms with van der Waals surface area (Å²) in [4.78, 5) is 87.4. The van der Waals surface area contributed by atoms with Gasteiger partial charge in [-0.1, -0.05) is 0 Å². The highest BCUT2D eigenvalue weighted by atomic mass is 31.2. The van der Waals surface area contributed by atoms with E-state index < -0.39 is 122 Å². The van der Waals surface area contributed by atoms with Gasteiger partial charge in [-0.25, -0.2) is 48.6 Å². The van der Waals surface area contributed by atoms with E-state index in [1.54, 1.807) is 0 Å². The van der Waals surface area contributed by atoms with Gasteiger partial charge in [-0.05, 0) is 0 Å². The van der Waals surface area contributed by atoms with E-state index in [1.165, 1.54) is 10.9 Å². The van der Waals surface area contributed by atoms with E-state index in [1.807, 2.05) is 0 Å². The topological polar surface area (TPSA) is 516 Å². The number of aliphatic hydroxyl groups excluding tert-OH is 4. The number of rotatable bonds is 16. The Hall–Kier alpha value is -5.10. The molecule has 0 amide bonds. The number of H-pyrrole nitrogens is 1. The van der Waals surface area contributed by atoms with E-state index in [9.17, 15) is 58.5 Å². The number of phosphoric acid groups is 3. The number of hydrogen-bond acceptors (Lipinski definition) is 27. The maximum Gasteiger partial charge on any atom is 0.472 e. The lowest BCUT2D eigenvalue weighted by atomic mass is 10.1. The minimum absolute atomic E-state index is 0.00663. The summed E-state index contributed by atoms with van der Waals surface area (Å²) in [5, 5.41) is 44.6. The first kappa shape index (κ1) is 47.9. The number of hydrogen-bond donors (Lipinski definition) is 12. The SMILES string of the molecule is Nc1nc2c(ncn2[C@@H]2O[C@H](COP(=O)(O)O[C@H]3[C@@H](O)[C@H](n4cnc5c(N)ncnc54)O[C@@H]3COP(=O)(O)O)[C@@H](OP(=O)(O)OC[C@H]3O[C@@H](n4cnc5c(N)ncnc54)[C@H](O)[C@@H]3O)[C@H]2O)c(=O)[nH]1. The van der Waals surface area contributed by atoms with Crippen LogP contribution in [0.1, 0.15) is 18.7 Å². The number of anilines is 3. The molecule has 68 heavy (non-hydrogen) atoms. The Labute approximate surface area is 375 Å². The van der Waals surface area contributed by atoms with Crippen LogP contribution >= 0.6 is 23.5 Å². The lowest BCUT2D eigenvalue weighted by Gasteiger charge is -2.26. The van der Waals surface area contributed by atoms with Crippen LogP contribution in [0.3, 0.4) is 0 Å². The van der Waals surface area contributed by atoms with Crippen LogP contribution in [0, 0.1) is 0 Å². The van der Waals surface area contributed by atoms with Gasteiger partial charge < -0.3 is 71.4 Å². The van der Waals surface area contributed by atoms with Crippen LogP contribution in [0.25, 0.3) is 33.5 Å². The van der Waals surface area contributed by atoms with Gasteiger partial charge in [0.25, 0.3) is 5.56 Å². The van der Waals surface area contributed by atoms with Gasteiger partial charge in [0, 0.05) is 0 Å². The normalized spacial score (nSPS) is 30.7. The summed E-state index contributed by atoms with van der Waals surface area (Å²) in [5.74, 6) is -0.446. The summed E-state index contributed by atoms with van der Waals surface area (Å²) < 4.78 is 85.1. The number of phosphoric ester groups is 3. The lowest BCUT2D eigenvalue weighted by Crippen LogP contribution is -2.38. The van der Waals surface area contributed by atoms with Crippen molar-refractivity contribution >= 4 is 74.5 Å².